The van der Waals surface area contributed by atoms with Crippen LogP contribution in [0.5, 0.6) is 0 Å². The number of hydrogen-bond donors (Lipinski definition) is 3. The third kappa shape index (κ3) is 3.80. The molecule has 0 radical (unpaired) electrons. The summed E-state index contributed by atoms with van der Waals surface area (Å²) in [6, 6.07) is 8.04. The third-order valence-corrected chi connectivity index (χ3v) is 4.46. The molecule has 1 aliphatic heterocycles. The number of carbonyl (C=O) groups excluding carboxylic acids is 1. The fraction of sp³-hybridized carbons (Fsp3) is 0.400. The molecule has 1 saturated heterocycles. The van der Waals surface area contributed by atoms with Crippen molar-refractivity contribution in [2.45, 2.75) is 25.8 Å². The maximum Gasteiger partial charge on any atom is 0.321 e. The second kappa shape index (κ2) is 6.85. The number of anilines is 1. The number of carbonyl (C=O) groups is 1. The maximum atomic E-state index is 12.0. The summed E-state index contributed by atoms with van der Waals surface area (Å²) < 4.78 is 0. The molecule has 2 heterocycles. The number of nitrogens with zero attached hydrogens (tertiary/aromatic N) is 2. The second-order valence-electron chi connectivity index (χ2n) is 5.42. The summed E-state index contributed by atoms with van der Waals surface area (Å²) in [6.07, 6.45) is 2.09. The molecular formula is C15H19N5OS. The largest absolute Gasteiger partial charge is 0.334 e. The first-order valence-corrected chi connectivity index (χ1v) is 8.21. The van der Waals surface area contributed by atoms with Crippen molar-refractivity contribution in [1.82, 2.24) is 20.8 Å². The number of aryl methyl sites for hydroxylation is 1. The summed E-state index contributed by atoms with van der Waals surface area (Å²) in [7, 11) is 0. The van der Waals surface area contributed by atoms with E-state index in [2.05, 4.69) is 26.1 Å². The summed E-state index contributed by atoms with van der Waals surface area (Å²) in [6.45, 7) is 3.88. The summed E-state index contributed by atoms with van der Waals surface area (Å²) in [5.41, 5.74) is 2.21. The zero-order valence-corrected chi connectivity index (χ0v) is 13.2. The number of hydrogen-bond acceptors (Lipinski definition) is 5. The quantitative estimate of drug-likeness (QED) is 0.812. The highest BCUT2D eigenvalue weighted by molar-refractivity contribution is 7.18. The van der Waals surface area contributed by atoms with Crippen LogP contribution in [0.4, 0.5) is 9.93 Å². The van der Waals surface area contributed by atoms with Gasteiger partial charge in [0.2, 0.25) is 5.13 Å². The van der Waals surface area contributed by atoms with Crippen LogP contribution < -0.4 is 16.0 Å². The number of piperidine rings is 1. The average molecular weight is 317 g/mol. The van der Waals surface area contributed by atoms with Gasteiger partial charge in [-0.05, 0) is 26.3 Å². The van der Waals surface area contributed by atoms with Gasteiger partial charge in [0.05, 0.1) is 0 Å². The van der Waals surface area contributed by atoms with Crippen LogP contribution in [0.1, 0.15) is 18.4 Å². The third-order valence-electron chi connectivity index (χ3n) is 3.58. The molecule has 2 aromatic rings. The van der Waals surface area contributed by atoms with E-state index in [1.165, 1.54) is 16.9 Å². The van der Waals surface area contributed by atoms with Crippen LogP contribution in [-0.2, 0) is 0 Å². The highest BCUT2D eigenvalue weighted by Gasteiger charge is 2.16. The van der Waals surface area contributed by atoms with E-state index in [1.807, 2.05) is 31.2 Å². The molecule has 0 aliphatic carbocycles. The van der Waals surface area contributed by atoms with Gasteiger partial charge in [0, 0.05) is 18.2 Å². The first kappa shape index (κ1) is 14.9. The van der Waals surface area contributed by atoms with Crippen LogP contribution in [0.15, 0.2) is 24.3 Å². The molecule has 22 heavy (non-hydrogen) atoms. The minimum absolute atomic E-state index is 0.179. The highest BCUT2D eigenvalue weighted by atomic mass is 32.1. The zero-order valence-electron chi connectivity index (χ0n) is 12.4. The summed E-state index contributed by atoms with van der Waals surface area (Å²) >= 11 is 1.37. The van der Waals surface area contributed by atoms with Gasteiger partial charge in [-0.15, -0.1) is 10.2 Å². The van der Waals surface area contributed by atoms with Crippen LogP contribution in [0.25, 0.3) is 10.6 Å². The maximum absolute atomic E-state index is 12.0. The Labute approximate surface area is 133 Å². The lowest BCUT2D eigenvalue weighted by molar-refractivity contribution is 0.245. The lowest BCUT2D eigenvalue weighted by Gasteiger charge is -2.23. The van der Waals surface area contributed by atoms with E-state index in [1.54, 1.807) is 0 Å². The normalized spacial score (nSPS) is 18.0. The topological polar surface area (TPSA) is 78.9 Å². The Morgan fingerprint density at radius 1 is 1.32 bits per heavy atom. The Bertz CT molecular complexity index is 634. The van der Waals surface area contributed by atoms with Crippen LogP contribution in [0, 0.1) is 6.92 Å². The van der Waals surface area contributed by atoms with Gasteiger partial charge >= 0.3 is 6.03 Å². The molecule has 1 aromatic heterocycles. The van der Waals surface area contributed by atoms with E-state index in [0.717, 1.165) is 36.5 Å². The van der Waals surface area contributed by atoms with Crippen molar-refractivity contribution >= 4 is 22.5 Å². The lowest BCUT2D eigenvalue weighted by Crippen LogP contribution is -2.47. The summed E-state index contributed by atoms with van der Waals surface area (Å²) in [5, 5.41) is 18.4. The average Bonchev–Trinajstić information content (AvgIpc) is 2.97. The first-order valence-electron chi connectivity index (χ1n) is 7.39. The van der Waals surface area contributed by atoms with Crippen molar-refractivity contribution in [2.75, 3.05) is 18.4 Å². The lowest BCUT2D eigenvalue weighted by atomic mass is 10.1. The summed E-state index contributed by atoms with van der Waals surface area (Å²) in [5.74, 6) is 0. The van der Waals surface area contributed by atoms with Gasteiger partial charge in [0.15, 0.2) is 0 Å². The molecule has 2 amide bonds. The van der Waals surface area contributed by atoms with Crippen molar-refractivity contribution in [3.8, 4) is 10.6 Å². The molecule has 3 rings (SSSR count). The Morgan fingerprint density at radius 3 is 2.86 bits per heavy atom. The van der Waals surface area contributed by atoms with E-state index in [9.17, 15) is 4.79 Å². The van der Waals surface area contributed by atoms with E-state index in [0.29, 0.717) is 5.13 Å². The van der Waals surface area contributed by atoms with Crippen LogP contribution in [0.2, 0.25) is 0 Å². The van der Waals surface area contributed by atoms with Crippen molar-refractivity contribution in [2.24, 2.45) is 0 Å². The predicted octanol–water partition coefficient (Wildman–Crippen LogP) is 2.39. The predicted molar refractivity (Wildman–Crippen MR) is 88.1 cm³/mol. The zero-order chi connectivity index (χ0) is 15.4. The van der Waals surface area contributed by atoms with Gasteiger partial charge < -0.3 is 10.6 Å². The van der Waals surface area contributed by atoms with Gasteiger partial charge in [-0.1, -0.05) is 41.2 Å². The van der Waals surface area contributed by atoms with E-state index in [-0.39, 0.29) is 12.1 Å². The van der Waals surface area contributed by atoms with Gasteiger partial charge in [0.1, 0.15) is 5.01 Å². The van der Waals surface area contributed by atoms with E-state index < -0.39 is 0 Å². The standard InChI is InChI=1S/C15H19N5OS/c1-10-4-6-11(7-5-10)13-19-20-15(22-13)18-14(21)17-12-3-2-8-16-9-12/h4-7,12,16H,2-3,8-9H2,1H3,(H2,17,18,20,21)/t12-/m1/s1. The minimum Gasteiger partial charge on any atom is -0.334 e. The Balaban J connectivity index is 1.59. The highest BCUT2D eigenvalue weighted by Crippen LogP contribution is 2.26. The van der Waals surface area contributed by atoms with Crippen LogP contribution in [-0.4, -0.2) is 35.4 Å². The molecule has 6 nitrogen and oxygen atoms in total. The molecule has 1 atom stereocenters. The molecule has 116 valence electrons. The number of rotatable bonds is 3. The fourth-order valence-corrected chi connectivity index (χ4v) is 3.12. The second-order valence-corrected chi connectivity index (χ2v) is 6.40. The van der Waals surface area contributed by atoms with Crippen molar-refractivity contribution < 1.29 is 4.79 Å². The number of aromatic nitrogens is 2. The van der Waals surface area contributed by atoms with Crippen molar-refractivity contribution in [1.29, 1.82) is 0 Å². The molecular weight excluding hydrogens is 298 g/mol. The van der Waals surface area contributed by atoms with Crippen molar-refractivity contribution in [3.05, 3.63) is 29.8 Å². The van der Waals surface area contributed by atoms with Crippen LogP contribution in [0.3, 0.4) is 0 Å². The van der Waals surface area contributed by atoms with Crippen LogP contribution >= 0.6 is 11.3 Å². The number of urea groups is 1. The molecule has 0 saturated carbocycles. The number of benzene rings is 1. The Kier molecular flexibility index (Phi) is 4.65. The van der Waals surface area contributed by atoms with E-state index in [4.69, 9.17) is 0 Å². The number of nitrogens with one attached hydrogen (secondary N) is 3. The SMILES string of the molecule is Cc1ccc(-c2nnc(NC(=O)N[C@@H]3CCCNC3)s2)cc1. The fourth-order valence-electron chi connectivity index (χ4n) is 2.38. The van der Waals surface area contributed by atoms with E-state index >= 15 is 0 Å². The molecule has 0 bridgehead atoms. The molecule has 7 heteroatoms. The smallest absolute Gasteiger partial charge is 0.321 e. The van der Waals surface area contributed by atoms with Gasteiger partial charge in [0.25, 0.3) is 0 Å². The molecule has 0 unspecified atom stereocenters. The van der Waals surface area contributed by atoms with Gasteiger partial charge in [-0.3, -0.25) is 5.32 Å². The Hall–Kier alpha value is -1.99. The molecule has 1 aliphatic rings. The molecule has 1 fully saturated rings. The Morgan fingerprint density at radius 2 is 2.14 bits per heavy atom. The molecule has 3 N–H and O–H groups in total. The van der Waals surface area contributed by atoms with Gasteiger partial charge in [-0.2, -0.15) is 0 Å². The number of amides is 2. The molecule has 1 aromatic carbocycles. The summed E-state index contributed by atoms with van der Waals surface area (Å²) in [4.78, 5) is 12.0. The van der Waals surface area contributed by atoms with Crippen molar-refractivity contribution in [3.63, 3.8) is 0 Å². The molecule has 0 spiro atoms. The monoisotopic (exact) mass is 317 g/mol. The first-order chi connectivity index (χ1) is 10.7. The minimum atomic E-state index is -0.222. The van der Waals surface area contributed by atoms with Gasteiger partial charge in [-0.25, -0.2) is 4.79 Å².